The van der Waals surface area contributed by atoms with E-state index in [1.165, 1.54) is 22.2 Å². The Morgan fingerprint density at radius 1 is 1.04 bits per heavy atom. The van der Waals surface area contributed by atoms with Crippen LogP contribution < -0.4 is 4.80 Å². The molecule has 0 saturated heterocycles. The molecule has 4 aromatic rings. The summed E-state index contributed by atoms with van der Waals surface area (Å²) in [7, 11) is 2.01. The monoisotopic (exact) mass is 340 g/mol. The van der Waals surface area contributed by atoms with Crippen LogP contribution in [0.1, 0.15) is 0 Å². The summed E-state index contributed by atoms with van der Waals surface area (Å²) in [6.07, 6.45) is 0. The van der Waals surface area contributed by atoms with Gasteiger partial charge in [0.2, 0.25) is 5.16 Å². The van der Waals surface area contributed by atoms with E-state index in [9.17, 15) is 0 Å². The number of aryl methyl sites for hydroxylation is 1. The largest absolute Gasteiger partial charge is 0.319 e. The summed E-state index contributed by atoms with van der Waals surface area (Å²) in [6.45, 7) is 0. The molecule has 0 aliphatic rings. The third kappa shape index (κ3) is 2.66. The van der Waals surface area contributed by atoms with Gasteiger partial charge in [0.25, 0.3) is 0 Å². The molecule has 4 rings (SSSR count). The SMILES string of the molecule is Cn1c(=NSc2nnnn2-c2ccccc2)sc2ccccc21. The minimum Gasteiger partial charge on any atom is -0.319 e. The zero-order valence-corrected chi connectivity index (χ0v) is 13.8. The number of rotatable bonds is 3. The number of fused-ring (bicyclic) bond motifs is 1. The summed E-state index contributed by atoms with van der Waals surface area (Å²) in [5.74, 6) is 0. The molecule has 2 aromatic carbocycles. The fourth-order valence-corrected chi connectivity index (χ4v) is 3.94. The molecule has 2 heterocycles. The lowest BCUT2D eigenvalue weighted by molar-refractivity contribution is 0.756. The topological polar surface area (TPSA) is 60.9 Å². The number of tetrazole rings is 1. The van der Waals surface area contributed by atoms with E-state index in [2.05, 4.69) is 36.6 Å². The highest BCUT2D eigenvalue weighted by Gasteiger charge is 2.09. The molecule has 0 aliphatic heterocycles. The molecule has 0 atom stereocenters. The van der Waals surface area contributed by atoms with Crippen LogP contribution in [-0.4, -0.2) is 24.8 Å². The van der Waals surface area contributed by atoms with Gasteiger partial charge in [0.1, 0.15) is 0 Å². The molecule has 0 amide bonds. The lowest BCUT2D eigenvalue weighted by Gasteiger charge is -2.00. The molecule has 0 bridgehead atoms. The number of para-hydroxylation sites is 2. The van der Waals surface area contributed by atoms with Gasteiger partial charge in [0.15, 0.2) is 4.80 Å². The van der Waals surface area contributed by atoms with Gasteiger partial charge in [-0.25, -0.2) is 0 Å². The van der Waals surface area contributed by atoms with Crippen LogP contribution in [0.15, 0.2) is 64.2 Å². The molecule has 23 heavy (non-hydrogen) atoms. The zero-order valence-electron chi connectivity index (χ0n) is 12.2. The van der Waals surface area contributed by atoms with Crippen LogP contribution in [0.5, 0.6) is 0 Å². The second-order valence-electron chi connectivity index (χ2n) is 4.80. The van der Waals surface area contributed by atoms with Gasteiger partial charge in [-0.1, -0.05) is 46.8 Å². The highest BCUT2D eigenvalue weighted by molar-refractivity contribution is 7.97. The molecule has 2 aromatic heterocycles. The molecular weight excluding hydrogens is 328 g/mol. The van der Waals surface area contributed by atoms with Gasteiger partial charge in [-0.3, -0.25) is 0 Å². The molecule has 0 saturated carbocycles. The van der Waals surface area contributed by atoms with Gasteiger partial charge in [-0.15, -0.1) is 0 Å². The van der Waals surface area contributed by atoms with E-state index in [1.807, 2.05) is 49.5 Å². The van der Waals surface area contributed by atoms with Crippen molar-refractivity contribution in [3.05, 3.63) is 59.4 Å². The lowest BCUT2D eigenvalue weighted by atomic mass is 10.3. The first-order valence-corrected chi connectivity index (χ1v) is 8.51. The van der Waals surface area contributed by atoms with Gasteiger partial charge in [0, 0.05) is 7.05 Å². The number of thiazole rings is 1. The first-order chi connectivity index (χ1) is 11.3. The van der Waals surface area contributed by atoms with Crippen LogP contribution in [0.4, 0.5) is 0 Å². The van der Waals surface area contributed by atoms with Crippen LogP contribution in [0.2, 0.25) is 0 Å². The molecule has 114 valence electrons. The van der Waals surface area contributed by atoms with Crippen molar-refractivity contribution in [2.24, 2.45) is 11.4 Å². The summed E-state index contributed by atoms with van der Waals surface area (Å²) in [5.41, 5.74) is 2.08. The lowest BCUT2D eigenvalue weighted by Crippen LogP contribution is -2.08. The molecule has 0 spiro atoms. The van der Waals surface area contributed by atoms with E-state index in [0.717, 1.165) is 10.5 Å². The molecular formula is C15H12N6S2. The molecule has 0 fully saturated rings. The van der Waals surface area contributed by atoms with E-state index < -0.39 is 0 Å². The fourth-order valence-electron chi connectivity index (χ4n) is 2.22. The van der Waals surface area contributed by atoms with Gasteiger partial charge >= 0.3 is 0 Å². The summed E-state index contributed by atoms with van der Waals surface area (Å²) in [4.78, 5) is 0.916. The van der Waals surface area contributed by atoms with Gasteiger partial charge in [-0.05, 0) is 34.7 Å². The van der Waals surface area contributed by atoms with Crippen molar-refractivity contribution in [2.45, 2.75) is 5.16 Å². The van der Waals surface area contributed by atoms with Crippen molar-refractivity contribution in [2.75, 3.05) is 0 Å². The quantitative estimate of drug-likeness (QED) is 0.538. The van der Waals surface area contributed by atoms with Gasteiger partial charge in [-0.2, -0.15) is 9.08 Å². The van der Waals surface area contributed by atoms with Crippen LogP contribution in [-0.2, 0) is 7.05 Å². The maximum atomic E-state index is 4.61. The summed E-state index contributed by atoms with van der Waals surface area (Å²) < 4.78 is 9.57. The first kappa shape index (κ1) is 14.2. The molecule has 6 nitrogen and oxygen atoms in total. The maximum Gasteiger partial charge on any atom is 0.236 e. The third-order valence-electron chi connectivity index (χ3n) is 3.36. The Hall–Kier alpha value is -2.45. The van der Waals surface area contributed by atoms with Crippen molar-refractivity contribution in [3.8, 4) is 5.69 Å². The van der Waals surface area contributed by atoms with E-state index in [4.69, 9.17) is 0 Å². The van der Waals surface area contributed by atoms with E-state index in [-0.39, 0.29) is 0 Å². The summed E-state index contributed by atoms with van der Waals surface area (Å²) in [5, 5.41) is 12.5. The van der Waals surface area contributed by atoms with Crippen LogP contribution >= 0.6 is 23.3 Å². The Kier molecular flexibility index (Phi) is 3.68. The Morgan fingerprint density at radius 2 is 1.83 bits per heavy atom. The summed E-state index contributed by atoms with van der Waals surface area (Å²) in [6, 6.07) is 18.0. The third-order valence-corrected chi connectivity index (χ3v) is 5.27. The number of hydrogen-bond acceptors (Lipinski definition) is 6. The first-order valence-electron chi connectivity index (χ1n) is 6.92. The Morgan fingerprint density at radius 3 is 2.65 bits per heavy atom. The molecule has 8 heteroatoms. The molecule has 0 N–H and O–H groups in total. The minimum atomic E-state index is 0.633. The van der Waals surface area contributed by atoms with Crippen molar-refractivity contribution in [1.29, 1.82) is 0 Å². The molecule has 0 aliphatic carbocycles. The summed E-state index contributed by atoms with van der Waals surface area (Å²) >= 11 is 2.92. The maximum absolute atomic E-state index is 4.61. The highest BCUT2D eigenvalue weighted by atomic mass is 32.2. The Bertz CT molecular complexity index is 1020. The normalized spacial score (nSPS) is 12.1. The van der Waals surface area contributed by atoms with E-state index in [1.54, 1.807) is 16.0 Å². The van der Waals surface area contributed by atoms with Crippen LogP contribution in [0.25, 0.3) is 15.9 Å². The second-order valence-corrected chi connectivity index (χ2v) is 6.54. The number of aromatic nitrogens is 5. The predicted octanol–water partition coefficient (Wildman–Crippen LogP) is 2.82. The van der Waals surface area contributed by atoms with Gasteiger partial charge < -0.3 is 4.57 Å². The highest BCUT2D eigenvalue weighted by Crippen LogP contribution is 2.20. The van der Waals surface area contributed by atoms with Crippen molar-refractivity contribution in [1.82, 2.24) is 24.8 Å². The standard InChI is InChI=1S/C15H12N6S2/c1-20-12-9-5-6-10-13(12)22-15(20)17-23-14-16-18-19-21(14)11-7-3-2-4-8-11/h2-10H,1H3. The van der Waals surface area contributed by atoms with Crippen molar-refractivity contribution < 1.29 is 0 Å². The molecule has 0 radical (unpaired) electrons. The fraction of sp³-hybridized carbons (Fsp3) is 0.0667. The average molecular weight is 340 g/mol. The van der Waals surface area contributed by atoms with E-state index >= 15 is 0 Å². The smallest absolute Gasteiger partial charge is 0.236 e. The second kappa shape index (κ2) is 5.98. The number of hydrogen-bond donors (Lipinski definition) is 0. The number of benzene rings is 2. The number of nitrogens with zero attached hydrogens (tertiary/aromatic N) is 6. The van der Waals surface area contributed by atoms with Crippen molar-refractivity contribution >= 4 is 33.5 Å². The van der Waals surface area contributed by atoms with Crippen LogP contribution in [0, 0.1) is 0 Å². The van der Waals surface area contributed by atoms with E-state index in [0.29, 0.717) is 5.16 Å². The van der Waals surface area contributed by atoms with Crippen LogP contribution in [0.3, 0.4) is 0 Å². The van der Waals surface area contributed by atoms with Crippen molar-refractivity contribution in [3.63, 3.8) is 0 Å². The Labute approximate surface area is 140 Å². The predicted molar refractivity (Wildman–Crippen MR) is 91.4 cm³/mol. The molecule has 0 unspecified atom stereocenters. The minimum absolute atomic E-state index is 0.633. The average Bonchev–Trinajstić information content (AvgIpc) is 3.19. The van der Waals surface area contributed by atoms with Gasteiger partial charge in [0.05, 0.1) is 27.9 Å². The Balaban J connectivity index is 1.72. The zero-order chi connectivity index (χ0) is 15.6.